The van der Waals surface area contributed by atoms with Gasteiger partial charge in [0.05, 0.1) is 13.2 Å². The molecule has 5 rings (SSSR count). The van der Waals surface area contributed by atoms with Gasteiger partial charge >= 0.3 is 0 Å². The van der Waals surface area contributed by atoms with E-state index in [0.29, 0.717) is 0 Å². The molecule has 0 bridgehead atoms. The van der Waals surface area contributed by atoms with Crippen molar-refractivity contribution in [2.75, 3.05) is 13.2 Å². The highest BCUT2D eigenvalue weighted by Gasteiger charge is 2.85. The van der Waals surface area contributed by atoms with E-state index in [4.69, 9.17) is 18.9 Å². The van der Waals surface area contributed by atoms with Gasteiger partial charge in [-0.3, -0.25) is 0 Å². The maximum Gasteiger partial charge on any atom is 0.129 e. The van der Waals surface area contributed by atoms with E-state index in [9.17, 15) is 0 Å². The first kappa shape index (κ1) is 8.86. The minimum atomic E-state index is 0.00301. The Morgan fingerprint density at radius 2 is 1.38 bits per heavy atom. The van der Waals surface area contributed by atoms with Crippen LogP contribution in [0, 0.1) is 0 Å². The number of rotatable bonds is 0. The van der Waals surface area contributed by atoms with E-state index in [2.05, 4.69) is 0 Å². The molecule has 0 aromatic carbocycles. The molecule has 4 heteroatoms. The molecule has 16 heavy (non-hydrogen) atoms. The lowest BCUT2D eigenvalue weighted by molar-refractivity contribution is 0.101. The predicted molar refractivity (Wildman–Crippen MR) is 53.2 cm³/mol. The molecule has 6 unspecified atom stereocenters. The molecule has 0 aromatic heterocycles. The van der Waals surface area contributed by atoms with Crippen LogP contribution in [-0.4, -0.2) is 48.8 Å². The van der Waals surface area contributed by atoms with Crippen molar-refractivity contribution < 1.29 is 18.9 Å². The van der Waals surface area contributed by atoms with Crippen LogP contribution in [0.2, 0.25) is 0 Å². The first-order valence-electron chi connectivity index (χ1n) is 6.45. The molecular formula is C12H16O4. The fraction of sp³-hybridized carbons (Fsp3) is 1.00. The normalized spacial score (nSPS) is 66.0. The lowest BCUT2D eigenvalue weighted by Gasteiger charge is -2.22. The van der Waals surface area contributed by atoms with Crippen molar-refractivity contribution in [3.8, 4) is 0 Å². The maximum atomic E-state index is 6.23. The fourth-order valence-electron chi connectivity index (χ4n) is 4.14. The molecule has 5 aliphatic rings. The Balaban J connectivity index is 1.55. The molecule has 0 radical (unpaired) electrons. The van der Waals surface area contributed by atoms with Crippen molar-refractivity contribution >= 4 is 0 Å². The summed E-state index contributed by atoms with van der Waals surface area (Å²) >= 11 is 0. The van der Waals surface area contributed by atoms with Gasteiger partial charge in [-0.15, -0.1) is 0 Å². The van der Waals surface area contributed by atoms with Crippen molar-refractivity contribution in [3.63, 3.8) is 0 Å². The maximum absolute atomic E-state index is 6.23. The van der Waals surface area contributed by atoms with Gasteiger partial charge in [0.2, 0.25) is 0 Å². The summed E-state index contributed by atoms with van der Waals surface area (Å²) in [6.07, 6.45) is 6.00. The topological polar surface area (TPSA) is 46.8 Å². The van der Waals surface area contributed by atoms with E-state index in [1.807, 2.05) is 0 Å². The second kappa shape index (κ2) is 2.48. The van der Waals surface area contributed by atoms with Crippen LogP contribution < -0.4 is 0 Å². The summed E-state index contributed by atoms with van der Waals surface area (Å²) < 4.78 is 23.4. The van der Waals surface area contributed by atoms with E-state index in [1.165, 1.54) is 12.8 Å². The van der Waals surface area contributed by atoms with Crippen molar-refractivity contribution in [2.24, 2.45) is 0 Å². The van der Waals surface area contributed by atoms with Crippen LogP contribution in [0.5, 0.6) is 0 Å². The first-order valence-corrected chi connectivity index (χ1v) is 6.45. The van der Waals surface area contributed by atoms with Gasteiger partial charge in [-0.2, -0.15) is 0 Å². The summed E-state index contributed by atoms with van der Waals surface area (Å²) in [6.45, 7) is 1.44. The molecule has 0 spiro atoms. The smallest absolute Gasteiger partial charge is 0.129 e. The summed E-state index contributed by atoms with van der Waals surface area (Å²) in [5, 5.41) is 0. The number of hydrogen-bond donors (Lipinski definition) is 0. The van der Waals surface area contributed by atoms with E-state index in [1.54, 1.807) is 0 Å². The van der Waals surface area contributed by atoms with Gasteiger partial charge in [0.1, 0.15) is 35.6 Å². The van der Waals surface area contributed by atoms with Gasteiger partial charge in [-0.25, -0.2) is 0 Å². The van der Waals surface area contributed by atoms with E-state index in [-0.39, 0.29) is 35.6 Å². The highest BCUT2D eigenvalue weighted by molar-refractivity contribution is 5.32. The highest BCUT2D eigenvalue weighted by Crippen LogP contribution is 2.69. The largest absolute Gasteiger partial charge is 0.376 e. The Bertz CT molecular complexity index is 327. The summed E-state index contributed by atoms with van der Waals surface area (Å²) in [5.41, 5.74) is 0.00602. The second-order valence-corrected chi connectivity index (χ2v) is 5.82. The first-order chi connectivity index (χ1) is 7.86. The van der Waals surface area contributed by atoms with E-state index < -0.39 is 0 Å². The molecule has 4 aliphatic heterocycles. The zero-order valence-corrected chi connectivity index (χ0v) is 9.19. The highest BCUT2D eigenvalue weighted by atomic mass is 16.7. The van der Waals surface area contributed by atoms with Crippen LogP contribution in [0.4, 0.5) is 0 Å². The standard InChI is InChI=1S/C12H16O4/c1-2-4-12-10-8(15-10)6-13-5-7-9(14-7)11(12,3-1)16-12/h7-10H,1-6H2. The quantitative estimate of drug-likeness (QED) is 0.566. The Morgan fingerprint density at radius 1 is 0.812 bits per heavy atom. The number of ether oxygens (including phenoxy) is 4. The molecule has 1 saturated carbocycles. The second-order valence-electron chi connectivity index (χ2n) is 5.82. The van der Waals surface area contributed by atoms with E-state index in [0.717, 1.165) is 26.1 Å². The molecule has 1 aliphatic carbocycles. The fourth-order valence-corrected chi connectivity index (χ4v) is 4.14. The molecule has 4 nitrogen and oxygen atoms in total. The summed E-state index contributed by atoms with van der Waals surface area (Å²) in [4.78, 5) is 0. The molecule has 0 aromatic rings. The molecule has 5 fully saturated rings. The van der Waals surface area contributed by atoms with Crippen molar-refractivity contribution in [1.82, 2.24) is 0 Å². The molecule has 4 heterocycles. The molecule has 4 saturated heterocycles. The number of hydrogen-bond acceptors (Lipinski definition) is 4. The molecular weight excluding hydrogens is 208 g/mol. The minimum absolute atomic E-state index is 0.00301. The SMILES string of the molecule is C1CCC23OC2(C1)C1OC1COCC1OC13. The lowest BCUT2D eigenvalue weighted by Crippen LogP contribution is -2.39. The third kappa shape index (κ3) is 0.849. The predicted octanol–water partition coefficient (Wildman–Crippen LogP) is 0.633. The van der Waals surface area contributed by atoms with Crippen LogP contribution in [0.3, 0.4) is 0 Å². The van der Waals surface area contributed by atoms with Gasteiger partial charge < -0.3 is 18.9 Å². The van der Waals surface area contributed by atoms with Gasteiger partial charge in [0.15, 0.2) is 0 Å². The summed E-state index contributed by atoms with van der Waals surface area (Å²) in [6, 6.07) is 0. The Kier molecular flexibility index (Phi) is 1.37. The van der Waals surface area contributed by atoms with Gasteiger partial charge in [0, 0.05) is 0 Å². The molecule has 6 atom stereocenters. The van der Waals surface area contributed by atoms with Crippen molar-refractivity contribution in [1.29, 1.82) is 0 Å². The molecule has 0 N–H and O–H groups in total. The van der Waals surface area contributed by atoms with Gasteiger partial charge in [-0.1, -0.05) is 12.8 Å². The van der Waals surface area contributed by atoms with Crippen LogP contribution in [-0.2, 0) is 18.9 Å². The summed E-state index contributed by atoms with van der Waals surface area (Å²) in [5.74, 6) is 0. The third-order valence-electron chi connectivity index (χ3n) is 5.03. The monoisotopic (exact) mass is 224 g/mol. The minimum Gasteiger partial charge on any atom is -0.376 e. The van der Waals surface area contributed by atoms with Crippen LogP contribution in [0.15, 0.2) is 0 Å². The van der Waals surface area contributed by atoms with Crippen LogP contribution >= 0.6 is 0 Å². The molecule has 0 amide bonds. The Morgan fingerprint density at radius 3 is 1.94 bits per heavy atom. The third-order valence-corrected chi connectivity index (χ3v) is 5.03. The van der Waals surface area contributed by atoms with Crippen LogP contribution in [0.25, 0.3) is 0 Å². The zero-order valence-electron chi connectivity index (χ0n) is 9.19. The average Bonchev–Trinajstić information content (AvgIpc) is 3.16. The number of epoxide rings is 3. The van der Waals surface area contributed by atoms with Gasteiger partial charge in [-0.05, 0) is 12.8 Å². The average molecular weight is 224 g/mol. The van der Waals surface area contributed by atoms with Crippen molar-refractivity contribution in [2.45, 2.75) is 61.3 Å². The Hall–Kier alpha value is -0.160. The Labute approximate surface area is 94.2 Å². The van der Waals surface area contributed by atoms with Crippen molar-refractivity contribution in [3.05, 3.63) is 0 Å². The molecule has 88 valence electrons. The summed E-state index contributed by atoms with van der Waals surface area (Å²) in [7, 11) is 0. The number of fused-ring (bicyclic) bond motifs is 2. The lowest BCUT2D eigenvalue weighted by atomic mass is 9.74. The van der Waals surface area contributed by atoms with E-state index >= 15 is 0 Å². The van der Waals surface area contributed by atoms with Gasteiger partial charge in [0.25, 0.3) is 0 Å². The zero-order chi connectivity index (χ0) is 10.4. The van der Waals surface area contributed by atoms with Crippen LogP contribution in [0.1, 0.15) is 25.7 Å².